The van der Waals surface area contributed by atoms with Gasteiger partial charge in [0.15, 0.2) is 0 Å². The van der Waals surface area contributed by atoms with Gasteiger partial charge >= 0.3 is 5.69 Å². The Bertz CT molecular complexity index is 659. The predicted molar refractivity (Wildman–Crippen MR) is 62.6 cm³/mol. The summed E-state index contributed by atoms with van der Waals surface area (Å²) in [6.07, 6.45) is -0.443. The molecule has 0 bridgehead atoms. The number of morpholine rings is 1. The molecule has 2 aromatic rings. The number of aromatic amines is 2. The van der Waals surface area contributed by atoms with Crippen LogP contribution in [0.5, 0.6) is 0 Å². The van der Waals surface area contributed by atoms with Crippen LogP contribution in [0.2, 0.25) is 0 Å². The summed E-state index contributed by atoms with van der Waals surface area (Å²) in [6.45, 7) is 1.03. The summed E-state index contributed by atoms with van der Waals surface area (Å²) in [5.41, 5.74) is -0.434. The number of tetrazole rings is 1. The van der Waals surface area contributed by atoms with E-state index in [1.54, 1.807) is 0 Å². The smallest absolute Gasteiger partial charge is 0.343 e. The van der Waals surface area contributed by atoms with Gasteiger partial charge in [0.05, 0.1) is 13.2 Å². The van der Waals surface area contributed by atoms with E-state index in [-0.39, 0.29) is 18.3 Å². The summed E-state index contributed by atoms with van der Waals surface area (Å²) < 4.78 is 6.56. The zero-order valence-electron chi connectivity index (χ0n) is 10.6. The molecular formula is C9H12N8O3. The topological polar surface area (TPSA) is 135 Å². The second-order valence-electron chi connectivity index (χ2n) is 4.28. The average Bonchev–Trinajstić information content (AvgIpc) is 3.09. The number of aromatic nitrogens is 7. The Morgan fingerprint density at radius 1 is 1.50 bits per heavy atom. The summed E-state index contributed by atoms with van der Waals surface area (Å²) in [5, 5.41) is 17.3. The molecule has 1 amide bonds. The summed E-state index contributed by atoms with van der Waals surface area (Å²) in [5.74, 6) is 0.0303. The second-order valence-corrected chi connectivity index (χ2v) is 4.28. The largest absolute Gasteiger partial charge is 0.366 e. The molecule has 1 aliphatic heterocycles. The van der Waals surface area contributed by atoms with Gasteiger partial charge in [-0.2, -0.15) is 5.21 Å². The van der Waals surface area contributed by atoms with Crippen molar-refractivity contribution in [1.29, 1.82) is 0 Å². The molecule has 2 N–H and O–H groups in total. The van der Waals surface area contributed by atoms with Crippen molar-refractivity contribution >= 4 is 5.91 Å². The molecule has 20 heavy (non-hydrogen) atoms. The fourth-order valence-corrected chi connectivity index (χ4v) is 1.94. The number of nitrogens with one attached hydrogen (secondary N) is 2. The maximum atomic E-state index is 12.2. The number of rotatable bonds is 2. The molecule has 0 aliphatic carbocycles. The minimum atomic E-state index is -0.443. The van der Waals surface area contributed by atoms with Gasteiger partial charge in [0.25, 0.3) is 5.91 Å². The molecule has 1 aliphatic rings. The van der Waals surface area contributed by atoms with E-state index >= 15 is 0 Å². The summed E-state index contributed by atoms with van der Waals surface area (Å²) in [4.78, 5) is 27.5. The van der Waals surface area contributed by atoms with Gasteiger partial charge in [0, 0.05) is 13.6 Å². The molecular weight excluding hydrogens is 268 g/mol. The van der Waals surface area contributed by atoms with Gasteiger partial charge in [0.2, 0.25) is 11.6 Å². The van der Waals surface area contributed by atoms with E-state index in [1.165, 1.54) is 11.9 Å². The van der Waals surface area contributed by atoms with Gasteiger partial charge in [-0.1, -0.05) is 5.21 Å². The number of H-pyrrole nitrogens is 2. The normalized spacial score (nSPS) is 19.2. The quantitative estimate of drug-likeness (QED) is 0.639. The highest BCUT2D eigenvalue weighted by Crippen LogP contribution is 2.18. The lowest BCUT2D eigenvalue weighted by atomic mass is 10.2. The Morgan fingerprint density at radius 3 is 3.00 bits per heavy atom. The van der Waals surface area contributed by atoms with Crippen molar-refractivity contribution in [3.05, 3.63) is 22.1 Å². The van der Waals surface area contributed by atoms with Crippen molar-refractivity contribution in [2.75, 3.05) is 19.7 Å². The molecule has 1 saturated heterocycles. The molecule has 0 saturated carbocycles. The Morgan fingerprint density at radius 2 is 2.35 bits per heavy atom. The fraction of sp³-hybridized carbons (Fsp3) is 0.556. The number of ether oxygens (including phenoxy) is 1. The van der Waals surface area contributed by atoms with E-state index in [2.05, 4.69) is 30.7 Å². The molecule has 3 rings (SSSR count). The van der Waals surface area contributed by atoms with Gasteiger partial charge in [-0.25, -0.2) is 9.48 Å². The van der Waals surface area contributed by atoms with Crippen LogP contribution < -0.4 is 5.69 Å². The minimum absolute atomic E-state index is 0.00580. The van der Waals surface area contributed by atoms with E-state index in [1.807, 2.05) is 0 Å². The van der Waals surface area contributed by atoms with Crippen molar-refractivity contribution in [1.82, 2.24) is 40.3 Å². The van der Waals surface area contributed by atoms with Gasteiger partial charge in [0.1, 0.15) is 6.10 Å². The monoisotopic (exact) mass is 280 g/mol. The number of hydrogen-bond donors (Lipinski definition) is 2. The average molecular weight is 280 g/mol. The Labute approximate surface area is 111 Å². The molecule has 1 atom stereocenters. The van der Waals surface area contributed by atoms with Gasteiger partial charge in [-0.15, -0.1) is 15.3 Å². The van der Waals surface area contributed by atoms with Crippen molar-refractivity contribution in [3.8, 4) is 0 Å². The number of nitrogens with zero attached hydrogens (tertiary/aromatic N) is 6. The summed E-state index contributed by atoms with van der Waals surface area (Å²) in [7, 11) is 1.47. The zero-order valence-corrected chi connectivity index (χ0v) is 10.6. The lowest BCUT2D eigenvalue weighted by Crippen LogP contribution is -2.43. The van der Waals surface area contributed by atoms with E-state index in [4.69, 9.17) is 4.74 Å². The Hall–Kier alpha value is -2.56. The molecule has 0 radical (unpaired) electrons. The van der Waals surface area contributed by atoms with Gasteiger partial charge in [-0.05, 0) is 0 Å². The van der Waals surface area contributed by atoms with Crippen LogP contribution >= 0.6 is 0 Å². The first-order valence-corrected chi connectivity index (χ1v) is 5.92. The molecule has 11 nitrogen and oxygen atoms in total. The summed E-state index contributed by atoms with van der Waals surface area (Å²) >= 11 is 0. The highest BCUT2D eigenvalue weighted by molar-refractivity contribution is 5.90. The van der Waals surface area contributed by atoms with Crippen molar-refractivity contribution in [3.63, 3.8) is 0 Å². The zero-order chi connectivity index (χ0) is 14.1. The predicted octanol–water partition coefficient (Wildman–Crippen LogP) is -2.16. The minimum Gasteiger partial charge on any atom is -0.366 e. The SMILES string of the molecule is Cn1nc(C(=O)N2CCOC(c3nn[nH]n3)C2)[nH]c1=O. The van der Waals surface area contributed by atoms with E-state index in [0.717, 1.165) is 4.68 Å². The fourth-order valence-electron chi connectivity index (χ4n) is 1.94. The van der Waals surface area contributed by atoms with Gasteiger partial charge < -0.3 is 9.64 Å². The third-order valence-electron chi connectivity index (χ3n) is 2.98. The van der Waals surface area contributed by atoms with Crippen molar-refractivity contribution in [2.45, 2.75) is 6.10 Å². The molecule has 0 aromatic carbocycles. The number of hydrogen-bond acceptors (Lipinski definition) is 7. The maximum Gasteiger partial charge on any atom is 0.343 e. The van der Waals surface area contributed by atoms with Gasteiger partial charge in [-0.3, -0.25) is 9.78 Å². The van der Waals surface area contributed by atoms with Crippen LogP contribution in [-0.4, -0.2) is 65.9 Å². The highest BCUT2D eigenvalue weighted by Gasteiger charge is 2.30. The molecule has 11 heteroatoms. The second kappa shape index (κ2) is 4.85. The standard InChI is InChI=1S/C9H12N8O3/c1-16-9(19)10-7(13-16)8(18)17-2-3-20-5(4-17)6-11-14-15-12-6/h5H,2-4H2,1H3,(H,10,13,19)(H,11,12,14,15). The molecule has 1 fully saturated rings. The molecule has 106 valence electrons. The Balaban J connectivity index is 1.76. The van der Waals surface area contributed by atoms with Crippen LogP contribution in [0.4, 0.5) is 0 Å². The molecule has 2 aromatic heterocycles. The highest BCUT2D eigenvalue weighted by atomic mass is 16.5. The van der Waals surface area contributed by atoms with Crippen LogP contribution in [-0.2, 0) is 11.8 Å². The van der Waals surface area contributed by atoms with Crippen LogP contribution in [0.3, 0.4) is 0 Å². The van der Waals surface area contributed by atoms with Crippen molar-refractivity contribution < 1.29 is 9.53 Å². The number of carbonyl (C=O) groups is 1. The first-order chi connectivity index (χ1) is 9.65. The Kier molecular flexibility index (Phi) is 3.02. The number of amides is 1. The van der Waals surface area contributed by atoms with Crippen molar-refractivity contribution in [2.24, 2.45) is 7.05 Å². The van der Waals surface area contributed by atoms with Crippen LogP contribution in [0.15, 0.2) is 4.79 Å². The molecule has 3 heterocycles. The van der Waals surface area contributed by atoms with E-state index in [9.17, 15) is 9.59 Å². The van der Waals surface area contributed by atoms with Crippen LogP contribution in [0.1, 0.15) is 22.5 Å². The summed E-state index contributed by atoms with van der Waals surface area (Å²) in [6, 6.07) is 0. The first-order valence-electron chi connectivity index (χ1n) is 5.92. The molecule has 1 unspecified atom stereocenters. The number of carbonyl (C=O) groups excluding carboxylic acids is 1. The lowest BCUT2D eigenvalue weighted by Gasteiger charge is -2.30. The lowest BCUT2D eigenvalue weighted by molar-refractivity contribution is -0.0271. The maximum absolute atomic E-state index is 12.2. The van der Waals surface area contributed by atoms with E-state index < -0.39 is 11.8 Å². The first kappa shape index (κ1) is 12.5. The number of aryl methyl sites for hydroxylation is 1. The third-order valence-corrected chi connectivity index (χ3v) is 2.98. The third kappa shape index (κ3) is 2.18. The molecule has 0 spiro atoms. The van der Waals surface area contributed by atoms with E-state index in [0.29, 0.717) is 19.0 Å². The van der Waals surface area contributed by atoms with Crippen LogP contribution in [0.25, 0.3) is 0 Å². The van der Waals surface area contributed by atoms with Crippen LogP contribution in [0, 0.1) is 0 Å².